The van der Waals surface area contributed by atoms with Crippen molar-refractivity contribution in [3.8, 4) is 11.5 Å². The molecule has 0 aliphatic carbocycles. The SMILES string of the molecule is COc1ccc(C(=O)Nc2ccc(N3c4ccccc4CC3C)nn2)cc1OC. The summed E-state index contributed by atoms with van der Waals surface area (Å²) in [5.74, 6) is 1.89. The monoisotopic (exact) mass is 390 g/mol. The number of nitrogens with zero attached hydrogens (tertiary/aromatic N) is 3. The summed E-state index contributed by atoms with van der Waals surface area (Å²) in [6.45, 7) is 2.16. The van der Waals surface area contributed by atoms with Gasteiger partial charge in [0.25, 0.3) is 5.91 Å². The number of ether oxygens (including phenoxy) is 2. The fourth-order valence-corrected chi connectivity index (χ4v) is 3.60. The number of amides is 1. The van der Waals surface area contributed by atoms with Crippen LogP contribution in [0.5, 0.6) is 11.5 Å². The molecule has 1 amide bonds. The van der Waals surface area contributed by atoms with Crippen LogP contribution < -0.4 is 19.7 Å². The molecular formula is C22H22N4O3. The van der Waals surface area contributed by atoms with Crippen LogP contribution in [-0.4, -0.2) is 36.4 Å². The predicted octanol–water partition coefficient (Wildman–Crippen LogP) is 3.83. The molecule has 2 heterocycles. The van der Waals surface area contributed by atoms with Crippen LogP contribution in [0, 0.1) is 0 Å². The molecule has 1 N–H and O–H groups in total. The first-order valence-corrected chi connectivity index (χ1v) is 9.35. The van der Waals surface area contributed by atoms with Gasteiger partial charge in [-0.2, -0.15) is 0 Å². The number of aromatic nitrogens is 2. The van der Waals surface area contributed by atoms with E-state index in [0.29, 0.717) is 28.9 Å². The van der Waals surface area contributed by atoms with Gasteiger partial charge < -0.3 is 19.7 Å². The fraction of sp³-hybridized carbons (Fsp3) is 0.227. The first kappa shape index (κ1) is 18.7. The molecule has 4 rings (SSSR count). The van der Waals surface area contributed by atoms with Crippen LogP contribution in [0.2, 0.25) is 0 Å². The maximum absolute atomic E-state index is 12.6. The molecule has 1 unspecified atom stereocenters. The molecule has 29 heavy (non-hydrogen) atoms. The number of para-hydroxylation sites is 1. The zero-order valence-electron chi connectivity index (χ0n) is 16.5. The molecule has 0 bridgehead atoms. The van der Waals surface area contributed by atoms with Crippen molar-refractivity contribution in [2.24, 2.45) is 0 Å². The van der Waals surface area contributed by atoms with E-state index >= 15 is 0 Å². The minimum Gasteiger partial charge on any atom is -0.493 e. The Kier molecular flexibility index (Phi) is 5.03. The number of carbonyl (C=O) groups is 1. The van der Waals surface area contributed by atoms with E-state index in [9.17, 15) is 4.79 Å². The molecule has 0 saturated carbocycles. The fourth-order valence-electron chi connectivity index (χ4n) is 3.60. The number of hydrogen-bond acceptors (Lipinski definition) is 6. The lowest BCUT2D eigenvalue weighted by Crippen LogP contribution is -2.25. The predicted molar refractivity (Wildman–Crippen MR) is 111 cm³/mol. The number of anilines is 3. The second-order valence-corrected chi connectivity index (χ2v) is 6.85. The summed E-state index contributed by atoms with van der Waals surface area (Å²) in [7, 11) is 3.08. The maximum Gasteiger partial charge on any atom is 0.257 e. The third kappa shape index (κ3) is 3.59. The van der Waals surface area contributed by atoms with E-state index < -0.39 is 0 Å². The van der Waals surface area contributed by atoms with E-state index in [1.807, 2.05) is 18.2 Å². The first-order valence-electron chi connectivity index (χ1n) is 9.35. The van der Waals surface area contributed by atoms with Gasteiger partial charge in [-0.15, -0.1) is 10.2 Å². The van der Waals surface area contributed by atoms with E-state index in [4.69, 9.17) is 9.47 Å². The van der Waals surface area contributed by atoms with E-state index in [1.54, 1.807) is 31.4 Å². The summed E-state index contributed by atoms with van der Waals surface area (Å²) in [4.78, 5) is 14.7. The summed E-state index contributed by atoms with van der Waals surface area (Å²) in [6, 6.07) is 17.2. The number of rotatable bonds is 5. The molecule has 1 atom stereocenters. The van der Waals surface area contributed by atoms with Crippen molar-refractivity contribution in [1.82, 2.24) is 10.2 Å². The summed E-state index contributed by atoms with van der Waals surface area (Å²) < 4.78 is 10.5. The number of nitrogens with one attached hydrogen (secondary N) is 1. The van der Waals surface area contributed by atoms with E-state index in [-0.39, 0.29) is 5.91 Å². The minimum atomic E-state index is -0.298. The zero-order valence-corrected chi connectivity index (χ0v) is 16.5. The number of benzene rings is 2. The van der Waals surface area contributed by atoms with Gasteiger partial charge in [-0.05, 0) is 55.3 Å². The van der Waals surface area contributed by atoms with Gasteiger partial charge in [-0.3, -0.25) is 4.79 Å². The number of methoxy groups -OCH3 is 2. The number of hydrogen-bond donors (Lipinski definition) is 1. The van der Waals surface area contributed by atoms with Crippen LogP contribution in [0.1, 0.15) is 22.8 Å². The molecule has 3 aromatic rings. The Morgan fingerprint density at radius 3 is 2.55 bits per heavy atom. The molecule has 148 valence electrons. The van der Waals surface area contributed by atoms with Crippen LogP contribution in [0.15, 0.2) is 54.6 Å². The van der Waals surface area contributed by atoms with E-state index in [0.717, 1.165) is 17.9 Å². The van der Waals surface area contributed by atoms with E-state index in [1.165, 1.54) is 12.7 Å². The van der Waals surface area contributed by atoms with Crippen molar-refractivity contribution in [3.05, 3.63) is 65.7 Å². The van der Waals surface area contributed by atoms with Crippen LogP contribution in [-0.2, 0) is 6.42 Å². The highest BCUT2D eigenvalue weighted by atomic mass is 16.5. The summed E-state index contributed by atoms with van der Waals surface area (Å²) in [5.41, 5.74) is 2.89. The van der Waals surface area contributed by atoms with Crippen molar-refractivity contribution in [1.29, 1.82) is 0 Å². The second-order valence-electron chi connectivity index (χ2n) is 6.85. The summed E-state index contributed by atoms with van der Waals surface area (Å²) in [6.07, 6.45) is 0.968. The van der Waals surface area contributed by atoms with Crippen LogP contribution in [0.3, 0.4) is 0 Å². The second kappa shape index (κ2) is 7.79. The average Bonchev–Trinajstić information content (AvgIpc) is 3.09. The van der Waals surface area contributed by atoms with Gasteiger partial charge in [0.2, 0.25) is 0 Å². The van der Waals surface area contributed by atoms with Gasteiger partial charge in [0.05, 0.1) is 14.2 Å². The Bertz CT molecular complexity index is 1040. The molecule has 7 heteroatoms. The van der Waals surface area contributed by atoms with Gasteiger partial charge in [0, 0.05) is 17.3 Å². The Labute approximate surface area is 169 Å². The Morgan fingerprint density at radius 1 is 1.03 bits per heavy atom. The summed E-state index contributed by atoms with van der Waals surface area (Å²) >= 11 is 0. The molecule has 1 aliphatic heterocycles. The first-order chi connectivity index (χ1) is 14.1. The van der Waals surface area contributed by atoms with Crippen molar-refractivity contribution in [2.45, 2.75) is 19.4 Å². The third-order valence-electron chi connectivity index (χ3n) is 4.99. The highest BCUT2D eigenvalue weighted by Crippen LogP contribution is 2.37. The smallest absolute Gasteiger partial charge is 0.257 e. The molecular weight excluding hydrogens is 368 g/mol. The van der Waals surface area contributed by atoms with Gasteiger partial charge in [0.1, 0.15) is 0 Å². The highest BCUT2D eigenvalue weighted by Gasteiger charge is 2.27. The molecule has 0 saturated heterocycles. The average molecular weight is 390 g/mol. The van der Waals surface area contributed by atoms with Crippen molar-refractivity contribution in [2.75, 3.05) is 24.4 Å². The molecule has 2 aromatic carbocycles. The number of fused-ring (bicyclic) bond motifs is 1. The molecule has 7 nitrogen and oxygen atoms in total. The topological polar surface area (TPSA) is 76.6 Å². The Balaban J connectivity index is 1.51. The highest BCUT2D eigenvalue weighted by molar-refractivity contribution is 6.04. The van der Waals surface area contributed by atoms with Crippen molar-refractivity contribution < 1.29 is 14.3 Å². The third-order valence-corrected chi connectivity index (χ3v) is 4.99. The Morgan fingerprint density at radius 2 is 1.83 bits per heavy atom. The van der Waals surface area contributed by atoms with Crippen LogP contribution >= 0.6 is 0 Å². The van der Waals surface area contributed by atoms with Gasteiger partial charge in [-0.25, -0.2) is 0 Å². The molecule has 0 spiro atoms. The molecule has 1 aromatic heterocycles. The Hall–Kier alpha value is -3.61. The molecule has 1 aliphatic rings. The number of carbonyl (C=O) groups excluding carboxylic acids is 1. The van der Waals surface area contributed by atoms with Crippen LogP contribution in [0.25, 0.3) is 0 Å². The standard InChI is InChI=1S/C22H22N4O3/c1-14-12-15-6-4-5-7-17(15)26(14)21-11-10-20(24-25-21)23-22(27)16-8-9-18(28-2)19(13-16)29-3/h4-11,13-14H,12H2,1-3H3,(H,23,24,27). The minimum absolute atomic E-state index is 0.298. The van der Waals surface area contributed by atoms with E-state index in [2.05, 4.69) is 39.5 Å². The van der Waals surface area contributed by atoms with Gasteiger partial charge in [0.15, 0.2) is 23.1 Å². The van der Waals surface area contributed by atoms with Gasteiger partial charge >= 0.3 is 0 Å². The lowest BCUT2D eigenvalue weighted by atomic mass is 10.1. The lowest BCUT2D eigenvalue weighted by Gasteiger charge is -2.23. The van der Waals surface area contributed by atoms with Crippen LogP contribution in [0.4, 0.5) is 17.3 Å². The van der Waals surface area contributed by atoms with Crippen molar-refractivity contribution in [3.63, 3.8) is 0 Å². The molecule has 0 fully saturated rings. The quantitative estimate of drug-likeness (QED) is 0.714. The zero-order chi connectivity index (χ0) is 20.4. The normalized spacial score (nSPS) is 15.0. The van der Waals surface area contributed by atoms with Gasteiger partial charge in [-0.1, -0.05) is 18.2 Å². The largest absolute Gasteiger partial charge is 0.493 e. The summed E-state index contributed by atoms with van der Waals surface area (Å²) in [5, 5.41) is 11.3. The maximum atomic E-state index is 12.6. The van der Waals surface area contributed by atoms with Crippen molar-refractivity contribution >= 4 is 23.2 Å². The molecule has 0 radical (unpaired) electrons. The lowest BCUT2D eigenvalue weighted by molar-refractivity contribution is 0.102.